The van der Waals surface area contributed by atoms with Crippen molar-refractivity contribution in [2.45, 2.75) is 25.8 Å². The molecule has 0 radical (unpaired) electrons. The van der Waals surface area contributed by atoms with E-state index in [1.54, 1.807) is 12.4 Å². The number of fused-ring (bicyclic) bond motifs is 1. The van der Waals surface area contributed by atoms with Gasteiger partial charge in [-0.2, -0.15) is 4.98 Å². The van der Waals surface area contributed by atoms with Crippen LogP contribution in [0, 0.1) is 5.92 Å². The molecule has 2 saturated heterocycles. The number of carbonyl (C=O) groups is 1. The van der Waals surface area contributed by atoms with Crippen molar-refractivity contribution in [3.63, 3.8) is 0 Å². The summed E-state index contributed by atoms with van der Waals surface area (Å²) in [5.41, 5.74) is 7.91. The van der Waals surface area contributed by atoms with E-state index in [0.717, 1.165) is 5.56 Å². The quantitative estimate of drug-likeness (QED) is 0.709. The SMILES string of the molecule is CC(=O)N1CC(C(F)F)C(N2CCc3c(-c4cnc(N)nc4)nc(N4CCOCC4)nc32)C1. The number of rotatable bonds is 4. The number of nitrogen functional groups attached to an aromatic ring is 1. The van der Waals surface area contributed by atoms with Crippen molar-refractivity contribution in [1.29, 1.82) is 0 Å². The summed E-state index contributed by atoms with van der Waals surface area (Å²) in [5.74, 6) is 0.184. The van der Waals surface area contributed by atoms with Crippen LogP contribution < -0.4 is 15.5 Å². The number of amides is 1. The number of nitrogens with zero attached hydrogens (tertiary/aromatic N) is 7. The Kier molecular flexibility index (Phi) is 5.69. The zero-order chi connectivity index (χ0) is 23.1. The Morgan fingerprint density at radius 3 is 2.55 bits per heavy atom. The minimum absolute atomic E-state index is 0.0452. The second kappa shape index (κ2) is 8.65. The Morgan fingerprint density at radius 1 is 1.15 bits per heavy atom. The molecule has 0 bridgehead atoms. The molecule has 2 atom stereocenters. The van der Waals surface area contributed by atoms with Crippen molar-refractivity contribution in [3.05, 3.63) is 18.0 Å². The van der Waals surface area contributed by atoms with Crippen LogP contribution in [0.15, 0.2) is 12.4 Å². The third-order valence-electron chi connectivity index (χ3n) is 6.59. The maximum Gasteiger partial charge on any atom is 0.245 e. The Morgan fingerprint density at radius 2 is 1.88 bits per heavy atom. The molecule has 33 heavy (non-hydrogen) atoms. The van der Waals surface area contributed by atoms with Gasteiger partial charge in [0, 0.05) is 63.2 Å². The average Bonchev–Trinajstić information content (AvgIpc) is 3.44. The van der Waals surface area contributed by atoms with Crippen LogP contribution in [-0.4, -0.2) is 89.1 Å². The molecule has 2 aromatic rings. The van der Waals surface area contributed by atoms with E-state index < -0.39 is 18.4 Å². The molecule has 2 unspecified atom stereocenters. The van der Waals surface area contributed by atoms with Crippen molar-refractivity contribution in [1.82, 2.24) is 24.8 Å². The van der Waals surface area contributed by atoms with E-state index in [1.165, 1.54) is 11.8 Å². The predicted molar refractivity (Wildman–Crippen MR) is 117 cm³/mol. The maximum absolute atomic E-state index is 14.0. The number of anilines is 3. The Balaban J connectivity index is 1.58. The highest BCUT2D eigenvalue weighted by molar-refractivity contribution is 5.75. The highest BCUT2D eigenvalue weighted by atomic mass is 19.3. The first-order valence-electron chi connectivity index (χ1n) is 11.0. The van der Waals surface area contributed by atoms with Crippen LogP contribution in [0.4, 0.5) is 26.5 Å². The molecule has 2 N–H and O–H groups in total. The molecule has 0 aliphatic carbocycles. The fourth-order valence-corrected chi connectivity index (χ4v) is 4.84. The first-order valence-corrected chi connectivity index (χ1v) is 11.0. The van der Waals surface area contributed by atoms with Crippen LogP contribution in [0.25, 0.3) is 11.3 Å². The lowest BCUT2D eigenvalue weighted by atomic mass is 10.0. The van der Waals surface area contributed by atoms with E-state index >= 15 is 0 Å². The molecular weight excluding hydrogens is 434 g/mol. The van der Waals surface area contributed by atoms with E-state index in [-0.39, 0.29) is 24.9 Å². The lowest BCUT2D eigenvalue weighted by Crippen LogP contribution is -2.43. The highest BCUT2D eigenvalue weighted by Gasteiger charge is 2.45. The molecule has 2 fully saturated rings. The summed E-state index contributed by atoms with van der Waals surface area (Å²) in [5, 5.41) is 0. The molecule has 5 rings (SSSR count). The summed E-state index contributed by atoms with van der Waals surface area (Å²) >= 11 is 0. The standard InChI is InChI=1S/C21H26F2N8O2/c1-12(32)30-10-15(18(22)23)16(11-30)31-3-2-14-17(13-8-25-20(24)26-9-13)27-21(28-19(14)31)29-4-6-33-7-5-29/h8-9,15-16,18H,2-7,10-11H2,1H3,(H2,24,25,26). The third-order valence-corrected chi connectivity index (χ3v) is 6.59. The van der Waals surface area contributed by atoms with Crippen LogP contribution in [0.2, 0.25) is 0 Å². The number of nitrogens with two attached hydrogens (primary N) is 1. The van der Waals surface area contributed by atoms with E-state index in [0.29, 0.717) is 62.3 Å². The van der Waals surface area contributed by atoms with E-state index in [2.05, 4.69) is 9.97 Å². The first kappa shape index (κ1) is 21.7. The van der Waals surface area contributed by atoms with Crippen molar-refractivity contribution in [3.8, 4) is 11.3 Å². The topological polar surface area (TPSA) is 114 Å². The second-order valence-electron chi connectivity index (χ2n) is 8.54. The number of ether oxygens (including phenoxy) is 1. The molecule has 0 saturated carbocycles. The number of halogens is 2. The van der Waals surface area contributed by atoms with Gasteiger partial charge in [-0.1, -0.05) is 0 Å². The summed E-state index contributed by atoms with van der Waals surface area (Å²) in [7, 11) is 0. The number of hydrogen-bond donors (Lipinski definition) is 1. The second-order valence-corrected chi connectivity index (χ2v) is 8.54. The van der Waals surface area contributed by atoms with Gasteiger partial charge in [0.2, 0.25) is 24.2 Å². The summed E-state index contributed by atoms with van der Waals surface area (Å²) < 4.78 is 33.4. The number of likely N-dealkylation sites (tertiary alicyclic amines) is 1. The van der Waals surface area contributed by atoms with E-state index in [9.17, 15) is 13.6 Å². The molecule has 0 spiro atoms. The number of aromatic nitrogens is 4. The molecule has 0 aromatic carbocycles. The van der Waals surface area contributed by atoms with E-state index in [1.807, 2.05) is 9.80 Å². The molecule has 10 nitrogen and oxygen atoms in total. The summed E-state index contributed by atoms with van der Waals surface area (Å²) in [6.07, 6.45) is 1.30. The summed E-state index contributed by atoms with van der Waals surface area (Å²) in [6, 6.07) is -0.516. The Labute approximate surface area is 189 Å². The van der Waals surface area contributed by atoms with Gasteiger partial charge in [0.05, 0.1) is 30.9 Å². The minimum atomic E-state index is -2.53. The molecule has 3 aliphatic rings. The summed E-state index contributed by atoms with van der Waals surface area (Å²) in [6.45, 7) is 4.64. The zero-order valence-electron chi connectivity index (χ0n) is 18.3. The molecule has 12 heteroatoms. The third kappa shape index (κ3) is 4.03. The predicted octanol–water partition coefficient (Wildman–Crippen LogP) is 0.827. The molecular formula is C21H26F2N8O2. The van der Waals surface area contributed by atoms with Crippen molar-refractivity contribution >= 4 is 23.6 Å². The monoisotopic (exact) mass is 460 g/mol. The molecule has 1 amide bonds. The Bertz CT molecular complexity index is 1030. The van der Waals surface area contributed by atoms with Crippen molar-refractivity contribution < 1.29 is 18.3 Å². The Hall–Kier alpha value is -3.15. The van der Waals surface area contributed by atoms with E-state index in [4.69, 9.17) is 20.4 Å². The molecule has 5 heterocycles. The van der Waals surface area contributed by atoms with Crippen molar-refractivity contribution in [2.75, 3.05) is 61.5 Å². The fraction of sp³-hybridized carbons (Fsp3) is 0.571. The number of alkyl halides is 2. The molecule has 3 aliphatic heterocycles. The lowest BCUT2D eigenvalue weighted by Gasteiger charge is -2.31. The van der Waals surface area contributed by atoms with Crippen LogP contribution >= 0.6 is 0 Å². The van der Waals surface area contributed by atoms with Crippen molar-refractivity contribution in [2.24, 2.45) is 5.92 Å². The maximum atomic E-state index is 14.0. The van der Waals surface area contributed by atoms with Gasteiger partial charge in [0.25, 0.3) is 0 Å². The van der Waals surface area contributed by atoms with Gasteiger partial charge < -0.3 is 25.2 Å². The lowest BCUT2D eigenvalue weighted by molar-refractivity contribution is -0.128. The molecule has 176 valence electrons. The van der Waals surface area contributed by atoms with Gasteiger partial charge in [-0.3, -0.25) is 4.79 Å². The largest absolute Gasteiger partial charge is 0.378 e. The van der Waals surface area contributed by atoms with Crippen LogP contribution in [0.5, 0.6) is 0 Å². The first-order chi connectivity index (χ1) is 15.9. The smallest absolute Gasteiger partial charge is 0.245 e. The van der Waals surface area contributed by atoms with Gasteiger partial charge in [0.15, 0.2) is 0 Å². The summed E-state index contributed by atoms with van der Waals surface area (Å²) in [4.78, 5) is 35.3. The average molecular weight is 460 g/mol. The number of morpholine rings is 1. The fourth-order valence-electron chi connectivity index (χ4n) is 4.84. The van der Waals surface area contributed by atoms with Gasteiger partial charge in [-0.05, 0) is 6.42 Å². The van der Waals surface area contributed by atoms with Crippen LogP contribution in [-0.2, 0) is 16.0 Å². The van der Waals surface area contributed by atoms with Gasteiger partial charge in [-0.25, -0.2) is 23.7 Å². The highest BCUT2D eigenvalue weighted by Crippen LogP contribution is 2.39. The number of carbonyl (C=O) groups excluding carboxylic acids is 1. The normalized spacial score (nSPS) is 22.8. The number of hydrogen-bond acceptors (Lipinski definition) is 9. The van der Waals surface area contributed by atoms with Crippen LogP contribution in [0.3, 0.4) is 0 Å². The zero-order valence-corrected chi connectivity index (χ0v) is 18.3. The molecule has 2 aromatic heterocycles. The van der Waals surface area contributed by atoms with Gasteiger partial charge in [0.1, 0.15) is 5.82 Å². The van der Waals surface area contributed by atoms with Gasteiger partial charge in [-0.15, -0.1) is 0 Å². The minimum Gasteiger partial charge on any atom is -0.378 e. The van der Waals surface area contributed by atoms with Crippen LogP contribution in [0.1, 0.15) is 12.5 Å². The van der Waals surface area contributed by atoms with Gasteiger partial charge >= 0.3 is 0 Å².